The second-order valence-corrected chi connectivity index (χ2v) is 3.00. The summed E-state index contributed by atoms with van der Waals surface area (Å²) in [4.78, 5) is 22.0. The van der Waals surface area contributed by atoms with Gasteiger partial charge >= 0.3 is 5.97 Å². The number of esters is 1. The molecule has 1 aromatic rings. The number of hydrogen-bond acceptors (Lipinski definition) is 3. The molecule has 1 aliphatic rings. The van der Waals surface area contributed by atoms with Gasteiger partial charge in [0, 0.05) is 13.1 Å². The Labute approximate surface area is 75.1 Å². The Morgan fingerprint density at radius 1 is 1.69 bits per heavy atom. The first-order valence-corrected chi connectivity index (χ1v) is 4.06. The van der Waals surface area contributed by atoms with Crippen LogP contribution >= 0.6 is 0 Å². The van der Waals surface area contributed by atoms with Crippen molar-refractivity contribution in [2.45, 2.75) is 19.4 Å². The fourth-order valence-electron chi connectivity index (χ4n) is 1.55. The Morgan fingerprint density at radius 3 is 3.15 bits per heavy atom. The highest BCUT2D eigenvalue weighted by molar-refractivity contribution is 5.84. The molecule has 0 spiro atoms. The molecule has 1 aromatic heterocycles. The van der Waals surface area contributed by atoms with Gasteiger partial charge in [0.2, 0.25) is 5.91 Å². The summed E-state index contributed by atoms with van der Waals surface area (Å²) in [6, 6.07) is 3.56. The molecule has 0 N–H and O–H groups in total. The van der Waals surface area contributed by atoms with E-state index in [1.807, 2.05) is 0 Å². The standard InChI is InChI=1S/C9H9NO3/c1-6(11)13-8-5-9(12)10-4-2-3-7(8)10/h2-4,8H,5H2,1H3. The maximum Gasteiger partial charge on any atom is 0.303 e. The van der Waals surface area contributed by atoms with Gasteiger partial charge in [-0.15, -0.1) is 0 Å². The van der Waals surface area contributed by atoms with E-state index in [4.69, 9.17) is 4.74 Å². The maximum atomic E-state index is 11.3. The van der Waals surface area contributed by atoms with Crippen molar-refractivity contribution in [1.82, 2.24) is 4.57 Å². The third-order valence-corrected chi connectivity index (χ3v) is 2.05. The fourth-order valence-corrected chi connectivity index (χ4v) is 1.55. The van der Waals surface area contributed by atoms with Crippen LogP contribution in [-0.2, 0) is 9.53 Å². The van der Waals surface area contributed by atoms with E-state index in [2.05, 4.69) is 0 Å². The van der Waals surface area contributed by atoms with Crippen molar-refractivity contribution in [3.8, 4) is 0 Å². The Kier molecular flexibility index (Phi) is 1.69. The monoisotopic (exact) mass is 179 g/mol. The molecule has 0 radical (unpaired) electrons. The van der Waals surface area contributed by atoms with E-state index in [0.29, 0.717) is 0 Å². The molecule has 2 rings (SSSR count). The van der Waals surface area contributed by atoms with E-state index in [-0.39, 0.29) is 24.4 Å². The third kappa shape index (κ3) is 1.24. The zero-order valence-corrected chi connectivity index (χ0v) is 7.19. The highest BCUT2D eigenvalue weighted by Crippen LogP contribution is 2.29. The number of carbonyl (C=O) groups excluding carboxylic acids is 2. The quantitative estimate of drug-likeness (QED) is 0.607. The molecular weight excluding hydrogens is 170 g/mol. The second kappa shape index (κ2) is 2.73. The van der Waals surface area contributed by atoms with Gasteiger partial charge < -0.3 is 4.74 Å². The van der Waals surface area contributed by atoms with Crippen LogP contribution in [0, 0.1) is 0 Å². The molecule has 0 aromatic carbocycles. The topological polar surface area (TPSA) is 48.3 Å². The van der Waals surface area contributed by atoms with Crippen molar-refractivity contribution in [1.29, 1.82) is 0 Å². The second-order valence-electron chi connectivity index (χ2n) is 3.00. The lowest BCUT2D eigenvalue weighted by Gasteiger charge is -2.07. The molecule has 0 amide bonds. The average Bonchev–Trinajstić information content (AvgIpc) is 2.56. The number of nitrogens with zero attached hydrogens (tertiary/aromatic N) is 1. The van der Waals surface area contributed by atoms with Crippen LogP contribution in [-0.4, -0.2) is 16.4 Å². The average molecular weight is 179 g/mol. The molecular formula is C9H9NO3. The Balaban J connectivity index is 2.28. The lowest BCUT2D eigenvalue weighted by Crippen LogP contribution is -2.05. The summed E-state index contributed by atoms with van der Waals surface area (Å²) >= 11 is 0. The van der Waals surface area contributed by atoms with Gasteiger partial charge in [-0.25, -0.2) is 0 Å². The fraction of sp³-hybridized carbons (Fsp3) is 0.333. The minimum atomic E-state index is -0.389. The van der Waals surface area contributed by atoms with Gasteiger partial charge in [-0.05, 0) is 12.1 Å². The molecule has 1 unspecified atom stereocenters. The van der Waals surface area contributed by atoms with Gasteiger partial charge in [-0.3, -0.25) is 14.2 Å². The van der Waals surface area contributed by atoms with Gasteiger partial charge in [-0.1, -0.05) is 0 Å². The minimum Gasteiger partial charge on any atom is -0.456 e. The molecule has 13 heavy (non-hydrogen) atoms. The molecule has 4 nitrogen and oxygen atoms in total. The van der Waals surface area contributed by atoms with Crippen LogP contribution in [0.15, 0.2) is 18.3 Å². The van der Waals surface area contributed by atoms with E-state index in [1.54, 1.807) is 18.3 Å². The smallest absolute Gasteiger partial charge is 0.303 e. The Bertz CT molecular complexity index is 367. The van der Waals surface area contributed by atoms with Crippen molar-refractivity contribution in [2.75, 3.05) is 0 Å². The first-order valence-electron chi connectivity index (χ1n) is 4.06. The summed E-state index contributed by atoms with van der Waals surface area (Å²) in [5.74, 6) is -0.376. The molecule has 1 atom stereocenters. The Morgan fingerprint density at radius 2 is 2.46 bits per heavy atom. The van der Waals surface area contributed by atoms with Crippen molar-refractivity contribution in [2.24, 2.45) is 0 Å². The predicted molar refractivity (Wildman–Crippen MR) is 44.2 cm³/mol. The summed E-state index contributed by atoms with van der Waals surface area (Å²) in [6.45, 7) is 1.34. The highest BCUT2D eigenvalue weighted by Gasteiger charge is 2.30. The molecule has 4 heteroatoms. The van der Waals surface area contributed by atoms with Crippen LogP contribution in [0.5, 0.6) is 0 Å². The molecule has 0 saturated heterocycles. The SMILES string of the molecule is CC(=O)OC1CC(=O)n2cccc21. The summed E-state index contributed by atoms with van der Waals surface area (Å²) in [5.41, 5.74) is 0.764. The van der Waals surface area contributed by atoms with E-state index in [9.17, 15) is 9.59 Å². The Hall–Kier alpha value is -1.58. The number of rotatable bonds is 1. The number of carbonyl (C=O) groups is 2. The van der Waals surface area contributed by atoms with Crippen LogP contribution < -0.4 is 0 Å². The van der Waals surface area contributed by atoms with Crippen LogP contribution in [0.25, 0.3) is 0 Å². The van der Waals surface area contributed by atoms with Gasteiger partial charge in [0.25, 0.3) is 0 Å². The first-order chi connectivity index (χ1) is 6.18. The molecule has 1 aliphatic heterocycles. The lowest BCUT2D eigenvalue weighted by atomic mass is 10.2. The minimum absolute atomic E-state index is 0.0220. The normalized spacial score (nSPS) is 20.1. The van der Waals surface area contributed by atoms with Gasteiger partial charge in [0.15, 0.2) is 6.10 Å². The number of fused-ring (bicyclic) bond motifs is 1. The number of hydrogen-bond donors (Lipinski definition) is 0. The summed E-state index contributed by atoms with van der Waals surface area (Å²) in [7, 11) is 0. The van der Waals surface area contributed by atoms with Crippen molar-refractivity contribution in [3.63, 3.8) is 0 Å². The third-order valence-electron chi connectivity index (χ3n) is 2.05. The van der Waals surface area contributed by atoms with Crippen LogP contribution in [0.2, 0.25) is 0 Å². The zero-order valence-electron chi connectivity index (χ0n) is 7.19. The van der Waals surface area contributed by atoms with E-state index in [1.165, 1.54) is 11.5 Å². The van der Waals surface area contributed by atoms with Crippen LogP contribution in [0.4, 0.5) is 0 Å². The lowest BCUT2D eigenvalue weighted by molar-refractivity contribution is -0.146. The summed E-state index contributed by atoms with van der Waals surface area (Å²) in [5, 5.41) is 0. The molecule has 0 aliphatic carbocycles. The summed E-state index contributed by atoms with van der Waals surface area (Å²) in [6.07, 6.45) is 1.55. The van der Waals surface area contributed by atoms with Gasteiger partial charge in [-0.2, -0.15) is 0 Å². The first kappa shape index (κ1) is 8.04. The zero-order chi connectivity index (χ0) is 9.42. The molecule has 0 bridgehead atoms. The highest BCUT2D eigenvalue weighted by atomic mass is 16.5. The largest absolute Gasteiger partial charge is 0.456 e. The van der Waals surface area contributed by atoms with Gasteiger partial charge in [0.05, 0.1) is 12.1 Å². The summed E-state index contributed by atoms with van der Waals surface area (Å²) < 4.78 is 6.51. The molecule has 68 valence electrons. The van der Waals surface area contributed by atoms with Crippen LogP contribution in [0.3, 0.4) is 0 Å². The molecule has 0 fully saturated rings. The van der Waals surface area contributed by atoms with E-state index >= 15 is 0 Å². The predicted octanol–water partition coefficient (Wildman–Crippen LogP) is 1.14. The van der Waals surface area contributed by atoms with Crippen LogP contribution in [0.1, 0.15) is 29.9 Å². The number of aromatic nitrogens is 1. The molecule has 2 heterocycles. The molecule has 0 saturated carbocycles. The van der Waals surface area contributed by atoms with Gasteiger partial charge in [0.1, 0.15) is 0 Å². The van der Waals surface area contributed by atoms with Crippen molar-refractivity contribution in [3.05, 3.63) is 24.0 Å². The van der Waals surface area contributed by atoms with E-state index < -0.39 is 0 Å². The van der Waals surface area contributed by atoms with E-state index in [0.717, 1.165) is 5.69 Å². The van der Waals surface area contributed by atoms with Crippen molar-refractivity contribution >= 4 is 11.9 Å². The number of ether oxygens (including phenoxy) is 1. The van der Waals surface area contributed by atoms with Crippen molar-refractivity contribution < 1.29 is 14.3 Å². The maximum absolute atomic E-state index is 11.3.